The highest BCUT2D eigenvalue weighted by molar-refractivity contribution is 7.80. The Hall–Kier alpha value is -3.22. The van der Waals surface area contributed by atoms with Crippen molar-refractivity contribution in [3.05, 3.63) is 60.2 Å². The molecule has 2 aromatic carbocycles. The molecule has 172 valence electrons. The Morgan fingerprint density at radius 3 is 2.06 bits per heavy atom. The average molecular weight is 480 g/mol. The molecule has 0 aliphatic rings. The first kappa shape index (κ1) is 25.0. The quantitative estimate of drug-likeness (QED) is 0.231. The van der Waals surface area contributed by atoms with Gasteiger partial charge >= 0.3 is 23.9 Å². The van der Waals surface area contributed by atoms with E-state index in [2.05, 4.69) is 15.8 Å². The smallest absolute Gasteiger partial charge is 0.331 e. The fraction of sp³-hybridized carbons (Fsp3) is 0.211. The number of nitrogens with one attached hydrogen (secondary N) is 3. The molecule has 0 spiro atoms. The van der Waals surface area contributed by atoms with Crippen LogP contribution in [0, 0.1) is 0 Å². The molecule has 2 aromatic rings. The van der Waals surface area contributed by atoms with Gasteiger partial charge in [-0.25, -0.2) is 0 Å². The van der Waals surface area contributed by atoms with Crippen LogP contribution >= 0.6 is 12.2 Å². The summed E-state index contributed by atoms with van der Waals surface area (Å²) >= 11 is 5.06. The van der Waals surface area contributed by atoms with E-state index in [9.17, 15) is 35.5 Å². The molecule has 1 amide bonds. The van der Waals surface area contributed by atoms with Crippen molar-refractivity contribution in [2.45, 2.75) is 24.9 Å². The van der Waals surface area contributed by atoms with Gasteiger partial charge in [-0.3, -0.25) is 10.2 Å². The van der Waals surface area contributed by atoms with Crippen LogP contribution in [0.2, 0.25) is 0 Å². The number of nitrogens with zero attached hydrogens (tertiary/aromatic N) is 1. The van der Waals surface area contributed by atoms with Gasteiger partial charge in [-0.05, 0) is 49.0 Å². The van der Waals surface area contributed by atoms with Gasteiger partial charge in [0.25, 0.3) is 0 Å². The second kappa shape index (κ2) is 9.51. The highest BCUT2D eigenvalue weighted by atomic mass is 32.1. The SMILES string of the molecule is CC(=NNC(=S)Nc1ccccc1)c1cccc(NC(=O)C(F)(F)C(F)(F)C(F)(F)F)c1. The third-order valence-electron chi connectivity index (χ3n) is 3.93. The normalized spacial score (nSPS) is 12.8. The summed E-state index contributed by atoms with van der Waals surface area (Å²) < 4.78 is 89.7. The number of amides is 1. The molecule has 0 fully saturated rings. The van der Waals surface area contributed by atoms with E-state index >= 15 is 0 Å². The molecule has 13 heteroatoms. The zero-order chi connectivity index (χ0) is 24.2. The van der Waals surface area contributed by atoms with Crippen molar-refractivity contribution in [2.24, 2.45) is 5.10 Å². The Morgan fingerprint density at radius 1 is 0.875 bits per heavy atom. The predicted octanol–water partition coefficient (Wildman–Crippen LogP) is 5.17. The maximum absolute atomic E-state index is 13.5. The van der Waals surface area contributed by atoms with Crippen LogP contribution in [-0.2, 0) is 4.79 Å². The first-order chi connectivity index (χ1) is 14.8. The lowest BCUT2D eigenvalue weighted by atomic mass is 10.1. The Balaban J connectivity index is 2.10. The lowest BCUT2D eigenvalue weighted by molar-refractivity contribution is -0.343. The molecular weight excluding hydrogens is 465 g/mol. The first-order valence-corrected chi connectivity index (χ1v) is 9.07. The molecule has 0 radical (unpaired) electrons. The molecule has 2 rings (SSSR count). The van der Waals surface area contributed by atoms with Gasteiger partial charge in [-0.1, -0.05) is 30.3 Å². The number of carbonyl (C=O) groups is 1. The number of alkyl halides is 7. The number of hydrogen-bond acceptors (Lipinski definition) is 3. The van der Waals surface area contributed by atoms with Crippen molar-refractivity contribution >= 4 is 40.3 Å². The summed E-state index contributed by atoms with van der Waals surface area (Å²) in [7, 11) is 0. The van der Waals surface area contributed by atoms with E-state index in [1.807, 2.05) is 0 Å². The molecule has 0 unspecified atom stereocenters. The molecule has 0 bridgehead atoms. The molecule has 0 aliphatic heterocycles. The second-order valence-corrected chi connectivity index (χ2v) is 6.72. The van der Waals surface area contributed by atoms with Crippen LogP contribution < -0.4 is 16.1 Å². The van der Waals surface area contributed by atoms with Crippen molar-refractivity contribution in [3.63, 3.8) is 0 Å². The number of hydrazone groups is 1. The molecule has 0 heterocycles. The lowest BCUT2D eigenvalue weighted by Crippen LogP contribution is -2.57. The maximum atomic E-state index is 13.5. The number of benzene rings is 2. The van der Waals surface area contributed by atoms with E-state index in [0.29, 0.717) is 5.69 Å². The van der Waals surface area contributed by atoms with Gasteiger partial charge in [0.1, 0.15) is 0 Å². The minimum atomic E-state index is -6.61. The largest absolute Gasteiger partial charge is 0.460 e. The summed E-state index contributed by atoms with van der Waals surface area (Å²) in [4.78, 5) is 11.5. The molecule has 0 saturated carbocycles. The Bertz CT molecular complexity index is 1010. The molecule has 0 atom stereocenters. The Morgan fingerprint density at radius 2 is 1.47 bits per heavy atom. The van der Waals surface area contributed by atoms with E-state index in [0.717, 1.165) is 12.1 Å². The summed E-state index contributed by atoms with van der Waals surface area (Å²) in [6.45, 7) is 1.48. The van der Waals surface area contributed by atoms with E-state index in [1.54, 1.807) is 30.3 Å². The zero-order valence-electron chi connectivity index (χ0n) is 16.1. The number of halogens is 7. The summed E-state index contributed by atoms with van der Waals surface area (Å²) in [5.41, 5.74) is 3.25. The number of rotatable bonds is 6. The molecular formula is C19H15F7N4OS. The molecule has 32 heavy (non-hydrogen) atoms. The van der Waals surface area contributed by atoms with Crippen molar-refractivity contribution < 1.29 is 35.5 Å². The maximum Gasteiger partial charge on any atom is 0.460 e. The van der Waals surface area contributed by atoms with Crippen molar-refractivity contribution in [2.75, 3.05) is 10.6 Å². The second-order valence-electron chi connectivity index (χ2n) is 6.31. The predicted molar refractivity (Wildman–Crippen MR) is 109 cm³/mol. The lowest BCUT2D eigenvalue weighted by Gasteiger charge is -2.27. The Labute approximate surface area is 182 Å². The van der Waals surface area contributed by atoms with Crippen LogP contribution in [0.5, 0.6) is 0 Å². The number of para-hydroxylation sites is 1. The molecule has 3 N–H and O–H groups in total. The summed E-state index contributed by atoms with van der Waals surface area (Å²) in [6, 6.07) is 13.6. The van der Waals surface area contributed by atoms with Gasteiger partial charge in [0.15, 0.2) is 5.11 Å². The summed E-state index contributed by atoms with van der Waals surface area (Å²) in [5.74, 6) is -15.4. The van der Waals surface area contributed by atoms with Crippen LogP contribution in [0.25, 0.3) is 0 Å². The Kier molecular flexibility index (Phi) is 7.44. The van der Waals surface area contributed by atoms with Crippen molar-refractivity contribution in [1.82, 2.24) is 5.43 Å². The van der Waals surface area contributed by atoms with Gasteiger partial charge in [0.05, 0.1) is 5.71 Å². The van der Waals surface area contributed by atoms with Crippen LogP contribution in [0.3, 0.4) is 0 Å². The minimum Gasteiger partial charge on any atom is -0.331 e. The standard InChI is InChI=1S/C19H15F7N4OS/c1-11(29-30-16(32)28-13-7-3-2-4-8-13)12-6-5-9-14(10-12)27-15(31)17(20,21)18(22,23)19(24,25)26/h2-10H,1H3,(H,27,31)(H2,28,30,32). The van der Waals surface area contributed by atoms with E-state index in [4.69, 9.17) is 12.2 Å². The molecule has 0 aromatic heterocycles. The van der Waals surface area contributed by atoms with E-state index in [1.165, 1.54) is 24.4 Å². The number of thiocarbonyl (C=S) groups is 1. The molecule has 5 nitrogen and oxygen atoms in total. The fourth-order valence-corrected chi connectivity index (χ4v) is 2.40. The van der Waals surface area contributed by atoms with Crippen molar-refractivity contribution in [1.29, 1.82) is 0 Å². The van der Waals surface area contributed by atoms with E-state index in [-0.39, 0.29) is 16.4 Å². The third-order valence-corrected chi connectivity index (χ3v) is 4.12. The van der Waals surface area contributed by atoms with Gasteiger partial charge < -0.3 is 10.6 Å². The van der Waals surface area contributed by atoms with Crippen molar-refractivity contribution in [3.8, 4) is 0 Å². The molecule has 0 saturated heterocycles. The number of carbonyl (C=O) groups excluding carboxylic acids is 1. The zero-order valence-corrected chi connectivity index (χ0v) is 16.9. The first-order valence-electron chi connectivity index (χ1n) is 8.66. The van der Waals surface area contributed by atoms with E-state index < -0.39 is 29.6 Å². The topological polar surface area (TPSA) is 65.5 Å². The fourth-order valence-electron chi connectivity index (χ4n) is 2.23. The highest BCUT2D eigenvalue weighted by Gasteiger charge is 2.76. The summed E-state index contributed by atoms with van der Waals surface area (Å²) in [5, 5.41) is 8.29. The average Bonchev–Trinajstić information content (AvgIpc) is 2.72. The minimum absolute atomic E-state index is 0.119. The van der Waals surface area contributed by atoms with Gasteiger partial charge in [0, 0.05) is 11.4 Å². The third kappa shape index (κ3) is 5.72. The number of hydrogen-bond donors (Lipinski definition) is 3. The molecule has 0 aliphatic carbocycles. The highest BCUT2D eigenvalue weighted by Crippen LogP contribution is 2.46. The van der Waals surface area contributed by atoms with Crippen LogP contribution in [0.1, 0.15) is 12.5 Å². The summed E-state index contributed by atoms with van der Waals surface area (Å²) in [6.07, 6.45) is -6.61. The van der Waals surface area contributed by atoms with Crippen LogP contribution in [0.4, 0.5) is 42.1 Å². The van der Waals surface area contributed by atoms with Gasteiger partial charge in [-0.2, -0.15) is 35.8 Å². The van der Waals surface area contributed by atoms with Gasteiger partial charge in [0.2, 0.25) is 0 Å². The number of anilines is 2. The van der Waals surface area contributed by atoms with Crippen LogP contribution in [-0.4, -0.2) is 34.8 Å². The van der Waals surface area contributed by atoms with Gasteiger partial charge in [-0.15, -0.1) is 0 Å². The monoisotopic (exact) mass is 480 g/mol. The van der Waals surface area contributed by atoms with Crippen LogP contribution in [0.15, 0.2) is 59.7 Å².